The van der Waals surface area contributed by atoms with Crippen molar-refractivity contribution < 1.29 is 8.42 Å². The predicted octanol–water partition coefficient (Wildman–Crippen LogP) is 2.61. The molecule has 0 radical (unpaired) electrons. The smallest absolute Gasteiger partial charge is 0.244 e. The molecule has 0 amide bonds. The molecule has 1 atom stereocenters. The molecule has 2 rings (SSSR count). The highest BCUT2D eigenvalue weighted by atomic mass is 35.5. The first kappa shape index (κ1) is 16.0. The minimum atomic E-state index is -3.58. The van der Waals surface area contributed by atoms with Gasteiger partial charge < -0.3 is 5.32 Å². The third-order valence-electron chi connectivity index (χ3n) is 3.51. The number of rotatable bonds is 4. The quantitative estimate of drug-likeness (QED) is 0.919. The first-order valence-corrected chi connectivity index (χ1v) is 8.75. The summed E-state index contributed by atoms with van der Waals surface area (Å²) in [6.45, 7) is 1.87. The van der Waals surface area contributed by atoms with Crippen molar-refractivity contribution in [1.29, 1.82) is 0 Å². The predicted molar refractivity (Wildman–Crippen MR) is 81.9 cm³/mol. The van der Waals surface area contributed by atoms with Gasteiger partial charge in [0.05, 0.1) is 10.0 Å². The summed E-state index contributed by atoms with van der Waals surface area (Å²) < 4.78 is 26.9. The molecule has 1 saturated heterocycles. The van der Waals surface area contributed by atoms with Crippen molar-refractivity contribution in [3.05, 3.63) is 28.2 Å². The van der Waals surface area contributed by atoms with Gasteiger partial charge in [0.15, 0.2) is 0 Å². The first-order valence-electron chi connectivity index (χ1n) is 6.55. The molecule has 1 aliphatic heterocycles. The van der Waals surface area contributed by atoms with Crippen LogP contribution in [-0.4, -0.2) is 39.4 Å². The topological polar surface area (TPSA) is 49.4 Å². The van der Waals surface area contributed by atoms with Crippen molar-refractivity contribution in [2.75, 3.05) is 26.7 Å². The van der Waals surface area contributed by atoms with Gasteiger partial charge in [-0.15, -0.1) is 0 Å². The van der Waals surface area contributed by atoms with Crippen LogP contribution in [0.4, 0.5) is 0 Å². The van der Waals surface area contributed by atoms with Gasteiger partial charge in [-0.25, -0.2) is 8.42 Å². The Kier molecular flexibility index (Phi) is 5.31. The fourth-order valence-electron chi connectivity index (χ4n) is 2.52. The number of nitrogens with zero attached hydrogens (tertiary/aromatic N) is 1. The van der Waals surface area contributed by atoms with E-state index in [9.17, 15) is 8.42 Å². The second kappa shape index (κ2) is 6.62. The van der Waals surface area contributed by atoms with E-state index in [1.807, 2.05) is 7.05 Å². The Morgan fingerprint density at radius 2 is 2.15 bits per heavy atom. The molecule has 1 N–H and O–H groups in total. The van der Waals surface area contributed by atoms with Crippen LogP contribution in [0.15, 0.2) is 23.1 Å². The van der Waals surface area contributed by atoms with Crippen LogP contribution >= 0.6 is 23.2 Å². The molecule has 1 aliphatic rings. The summed E-state index contributed by atoms with van der Waals surface area (Å²) >= 11 is 12.0. The van der Waals surface area contributed by atoms with Crippen LogP contribution in [0.3, 0.4) is 0 Å². The number of sulfonamides is 1. The van der Waals surface area contributed by atoms with Crippen molar-refractivity contribution in [3.8, 4) is 0 Å². The number of hydrogen-bond acceptors (Lipinski definition) is 3. The molecule has 0 unspecified atom stereocenters. The second-order valence-electron chi connectivity index (χ2n) is 4.98. The van der Waals surface area contributed by atoms with E-state index in [-0.39, 0.29) is 14.9 Å². The highest BCUT2D eigenvalue weighted by Crippen LogP contribution is 2.32. The Morgan fingerprint density at radius 1 is 1.40 bits per heavy atom. The van der Waals surface area contributed by atoms with Gasteiger partial charge in [0.2, 0.25) is 10.0 Å². The molecule has 1 heterocycles. The summed E-state index contributed by atoms with van der Waals surface area (Å²) in [6.07, 6.45) is 1.90. The van der Waals surface area contributed by atoms with Crippen molar-refractivity contribution in [3.63, 3.8) is 0 Å². The van der Waals surface area contributed by atoms with Gasteiger partial charge in [0.25, 0.3) is 0 Å². The van der Waals surface area contributed by atoms with E-state index in [2.05, 4.69) is 5.32 Å². The molecule has 0 saturated carbocycles. The van der Waals surface area contributed by atoms with E-state index in [1.54, 1.807) is 12.1 Å². The molecular weight excluding hydrogens is 319 g/mol. The standard InChI is InChI=1S/C13H18Cl2N2O2S/c1-16-8-10-4-3-7-17(9-10)20(18,19)12-6-2-5-11(14)13(12)15/h2,5-6,10,16H,3-4,7-9H2,1H3/t10-/m0/s1. The van der Waals surface area contributed by atoms with Crippen molar-refractivity contribution in [2.45, 2.75) is 17.7 Å². The minimum Gasteiger partial charge on any atom is -0.319 e. The Labute approximate surface area is 130 Å². The Balaban J connectivity index is 2.28. The summed E-state index contributed by atoms with van der Waals surface area (Å²) in [5, 5.41) is 3.46. The number of nitrogens with one attached hydrogen (secondary N) is 1. The van der Waals surface area contributed by atoms with Crippen LogP contribution in [-0.2, 0) is 10.0 Å². The molecule has 112 valence electrons. The third kappa shape index (κ3) is 3.28. The second-order valence-corrected chi connectivity index (χ2v) is 7.67. The minimum absolute atomic E-state index is 0.0942. The maximum absolute atomic E-state index is 12.7. The van der Waals surface area contributed by atoms with Gasteiger partial charge in [-0.3, -0.25) is 0 Å². The summed E-state index contributed by atoms with van der Waals surface area (Å²) in [5.41, 5.74) is 0. The fourth-order valence-corrected chi connectivity index (χ4v) is 4.81. The molecule has 4 nitrogen and oxygen atoms in total. The number of hydrogen-bond donors (Lipinski definition) is 1. The Bertz CT molecular complexity index is 576. The van der Waals surface area contributed by atoms with E-state index in [0.29, 0.717) is 19.0 Å². The van der Waals surface area contributed by atoms with Crippen molar-refractivity contribution in [1.82, 2.24) is 9.62 Å². The molecule has 1 fully saturated rings. The molecular formula is C13H18Cl2N2O2S. The van der Waals surface area contributed by atoms with E-state index < -0.39 is 10.0 Å². The number of halogens is 2. The maximum Gasteiger partial charge on any atom is 0.244 e. The normalized spacial score (nSPS) is 21.1. The monoisotopic (exact) mass is 336 g/mol. The first-order chi connectivity index (χ1) is 9.46. The zero-order valence-corrected chi connectivity index (χ0v) is 13.6. The van der Waals surface area contributed by atoms with Crippen LogP contribution in [0.2, 0.25) is 10.0 Å². The van der Waals surface area contributed by atoms with Crippen LogP contribution in [0.5, 0.6) is 0 Å². The highest BCUT2D eigenvalue weighted by Gasteiger charge is 2.31. The molecule has 0 bridgehead atoms. The van der Waals surface area contributed by atoms with Crippen molar-refractivity contribution in [2.24, 2.45) is 5.92 Å². The van der Waals surface area contributed by atoms with Gasteiger partial charge in [-0.1, -0.05) is 29.3 Å². The van der Waals surface area contributed by atoms with E-state index in [1.165, 1.54) is 10.4 Å². The van der Waals surface area contributed by atoms with Gasteiger partial charge in [-0.2, -0.15) is 4.31 Å². The molecule has 1 aromatic carbocycles. The summed E-state index contributed by atoms with van der Waals surface area (Å²) in [4.78, 5) is 0.0942. The zero-order valence-electron chi connectivity index (χ0n) is 11.3. The van der Waals surface area contributed by atoms with Crippen LogP contribution < -0.4 is 5.32 Å². The number of benzene rings is 1. The van der Waals surface area contributed by atoms with E-state index in [4.69, 9.17) is 23.2 Å². The molecule has 0 aliphatic carbocycles. The molecule has 1 aromatic rings. The average Bonchev–Trinajstić information content (AvgIpc) is 2.42. The highest BCUT2D eigenvalue weighted by molar-refractivity contribution is 7.89. The van der Waals surface area contributed by atoms with Crippen LogP contribution in [0.1, 0.15) is 12.8 Å². The molecule has 20 heavy (non-hydrogen) atoms. The Morgan fingerprint density at radius 3 is 2.85 bits per heavy atom. The molecule has 7 heteroatoms. The summed E-state index contributed by atoms with van der Waals surface area (Å²) in [7, 11) is -1.70. The van der Waals surface area contributed by atoms with Crippen molar-refractivity contribution >= 4 is 33.2 Å². The molecule has 0 aromatic heterocycles. The SMILES string of the molecule is CNC[C@@H]1CCCN(S(=O)(=O)c2cccc(Cl)c2Cl)C1. The van der Waals surface area contributed by atoms with Crippen LogP contribution in [0, 0.1) is 5.92 Å². The summed E-state index contributed by atoms with van der Waals surface area (Å²) in [6, 6.07) is 4.70. The number of piperidine rings is 1. The van der Waals surface area contributed by atoms with Gasteiger partial charge >= 0.3 is 0 Å². The van der Waals surface area contributed by atoms with Gasteiger partial charge in [0.1, 0.15) is 4.90 Å². The van der Waals surface area contributed by atoms with Crippen LogP contribution in [0.25, 0.3) is 0 Å². The maximum atomic E-state index is 12.7. The van der Waals surface area contributed by atoms with E-state index in [0.717, 1.165) is 19.4 Å². The molecule has 0 spiro atoms. The lowest BCUT2D eigenvalue weighted by atomic mass is 10.00. The third-order valence-corrected chi connectivity index (χ3v) is 6.35. The average molecular weight is 337 g/mol. The zero-order chi connectivity index (χ0) is 14.8. The van der Waals surface area contributed by atoms with Gasteiger partial charge in [-0.05, 0) is 44.5 Å². The van der Waals surface area contributed by atoms with Gasteiger partial charge in [0, 0.05) is 13.1 Å². The fraction of sp³-hybridized carbons (Fsp3) is 0.538. The lowest BCUT2D eigenvalue weighted by Gasteiger charge is -2.32. The summed E-state index contributed by atoms with van der Waals surface area (Å²) in [5.74, 6) is 0.335. The van der Waals surface area contributed by atoms with E-state index >= 15 is 0 Å². The largest absolute Gasteiger partial charge is 0.319 e. The lowest BCUT2D eigenvalue weighted by molar-refractivity contribution is 0.263. The lowest BCUT2D eigenvalue weighted by Crippen LogP contribution is -2.42. The Hall–Kier alpha value is -0.330.